The van der Waals surface area contributed by atoms with Crippen LogP contribution in [-0.2, 0) is 16.6 Å². The summed E-state index contributed by atoms with van der Waals surface area (Å²) in [5.41, 5.74) is 1.28. The van der Waals surface area contributed by atoms with Crippen molar-refractivity contribution in [2.24, 2.45) is 5.92 Å². The van der Waals surface area contributed by atoms with E-state index < -0.39 is 10.0 Å². The average molecular weight is 257 g/mol. The van der Waals surface area contributed by atoms with Gasteiger partial charge in [-0.15, -0.1) is 0 Å². The van der Waals surface area contributed by atoms with Gasteiger partial charge in [0, 0.05) is 6.54 Å². The first kappa shape index (κ1) is 14.2. The van der Waals surface area contributed by atoms with E-state index >= 15 is 0 Å². The standard InChI is InChI=1S/C12H19NO3S/c1-9(2)7-13-17(15,16)12-6-11(8-14)5-4-10(12)3/h4-6,9,13-14H,7-8H2,1-3H3. The lowest BCUT2D eigenvalue weighted by Crippen LogP contribution is -2.28. The fourth-order valence-corrected chi connectivity index (χ4v) is 2.89. The highest BCUT2D eigenvalue weighted by molar-refractivity contribution is 7.89. The van der Waals surface area contributed by atoms with Crippen LogP contribution in [0.5, 0.6) is 0 Å². The Balaban J connectivity index is 3.05. The van der Waals surface area contributed by atoms with Crippen molar-refractivity contribution in [2.75, 3.05) is 6.54 Å². The summed E-state index contributed by atoms with van der Waals surface area (Å²) in [6.07, 6.45) is 0. The molecule has 4 nitrogen and oxygen atoms in total. The van der Waals surface area contributed by atoms with Gasteiger partial charge in [0.25, 0.3) is 0 Å². The first-order valence-electron chi connectivity index (χ1n) is 5.57. The normalized spacial score (nSPS) is 12.1. The van der Waals surface area contributed by atoms with Gasteiger partial charge in [-0.1, -0.05) is 26.0 Å². The molecule has 1 aromatic rings. The molecule has 2 N–H and O–H groups in total. The van der Waals surface area contributed by atoms with Gasteiger partial charge in [-0.2, -0.15) is 0 Å². The highest BCUT2D eigenvalue weighted by atomic mass is 32.2. The molecule has 17 heavy (non-hydrogen) atoms. The molecular weight excluding hydrogens is 238 g/mol. The molecule has 0 aliphatic carbocycles. The minimum Gasteiger partial charge on any atom is -0.392 e. The van der Waals surface area contributed by atoms with Gasteiger partial charge >= 0.3 is 0 Å². The molecule has 0 aliphatic heterocycles. The quantitative estimate of drug-likeness (QED) is 0.838. The highest BCUT2D eigenvalue weighted by Crippen LogP contribution is 2.17. The molecule has 5 heteroatoms. The van der Waals surface area contributed by atoms with E-state index in [4.69, 9.17) is 5.11 Å². The summed E-state index contributed by atoms with van der Waals surface area (Å²) in [5.74, 6) is 0.256. The Labute approximate surface area is 103 Å². The first-order chi connectivity index (χ1) is 7.86. The highest BCUT2D eigenvalue weighted by Gasteiger charge is 2.17. The third-order valence-corrected chi connectivity index (χ3v) is 3.97. The minimum atomic E-state index is -3.48. The van der Waals surface area contributed by atoms with Crippen molar-refractivity contribution >= 4 is 10.0 Å². The van der Waals surface area contributed by atoms with E-state index in [9.17, 15) is 8.42 Å². The van der Waals surface area contributed by atoms with Gasteiger partial charge < -0.3 is 5.11 Å². The third-order valence-electron chi connectivity index (χ3n) is 2.41. The summed E-state index contributed by atoms with van der Waals surface area (Å²) in [7, 11) is -3.48. The van der Waals surface area contributed by atoms with Gasteiger partial charge in [0.15, 0.2) is 0 Å². The van der Waals surface area contributed by atoms with Gasteiger partial charge in [0.1, 0.15) is 0 Å². The molecule has 0 aromatic heterocycles. The maximum Gasteiger partial charge on any atom is 0.240 e. The lowest BCUT2D eigenvalue weighted by Gasteiger charge is -2.11. The molecule has 0 amide bonds. The van der Waals surface area contributed by atoms with Crippen LogP contribution in [0.2, 0.25) is 0 Å². The van der Waals surface area contributed by atoms with Crippen LogP contribution >= 0.6 is 0 Å². The van der Waals surface area contributed by atoms with Crippen LogP contribution in [0.15, 0.2) is 23.1 Å². The molecule has 0 radical (unpaired) electrons. The Kier molecular flexibility index (Phi) is 4.68. The number of rotatable bonds is 5. The summed E-state index contributed by atoms with van der Waals surface area (Å²) in [6, 6.07) is 4.93. The minimum absolute atomic E-state index is 0.160. The molecule has 1 rings (SSSR count). The Morgan fingerprint density at radius 1 is 1.35 bits per heavy atom. The van der Waals surface area contributed by atoms with Crippen LogP contribution in [0.1, 0.15) is 25.0 Å². The Bertz CT molecular complexity index is 481. The van der Waals surface area contributed by atoms with E-state index in [-0.39, 0.29) is 17.4 Å². The molecule has 0 fully saturated rings. The third kappa shape index (κ3) is 3.80. The number of hydrogen-bond donors (Lipinski definition) is 2. The molecule has 0 unspecified atom stereocenters. The van der Waals surface area contributed by atoms with E-state index in [1.807, 2.05) is 13.8 Å². The van der Waals surface area contributed by atoms with Crippen molar-refractivity contribution in [2.45, 2.75) is 32.3 Å². The Hall–Kier alpha value is -0.910. The second kappa shape index (κ2) is 5.62. The van der Waals surface area contributed by atoms with Crippen LogP contribution in [0.3, 0.4) is 0 Å². The average Bonchev–Trinajstić information content (AvgIpc) is 2.27. The second-order valence-electron chi connectivity index (χ2n) is 4.50. The van der Waals surface area contributed by atoms with Crippen molar-refractivity contribution in [3.05, 3.63) is 29.3 Å². The number of aliphatic hydroxyl groups excluding tert-OH is 1. The summed E-state index contributed by atoms with van der Waals surface area (Å²) in [4.78, 5) is 0.240. The lowest BCUT2D eigenvalue weighted by atomic mass is 10.2. The SMILES string of the molecule is Cc1ccc(CO)cc1S(=O)(=O)NCC(C)C. The maximum absolute atomic E-state index is 12.0. The summed E-state index contributed by atoms with van der Waals surface area (Å²) in [5, 5.41) is 9.02. The van der Waals surface area contributed by atoms with Crippen molar-refractivity contribution in [1.82, 2.24) is 4.72 Å². The molecule has 1 aromatic carbocycles. The zero-order valence-electron chi connectivity index (χ0n) is 10.4. The monoisotopic (exact) mass is 257 g/mol. The van der Waals surface area contributed by atoms with E-state index in [1.54, 1.807) is 19.1 Å². The van der Waals surface area contributed by atoms with Crippen molar-refractivity contribution < 1.29 is 13.5 Å². The van der Waals surface area contributed by atoms with Crippen LogP contribution in [0.4, 0.5) is 0 Å². The van der Waals surface area contributed by atoms with Crippen LogP contribution < -0.4 is 4.72 Å². The molecule has 0 bridgehead atoms. The van der Waals surface area contributed by atoms with Crippen LogP contribution in [0.25, 0.3) is 0 Å². The van der Waals surface area contributed by atoms with Crippen molar-refractivity contribution in [3.8, 4) is 0 Å². The topological polar surface area (TPSA) is 66.4 Å². The number of sulfonamides is 1. The van der Waals surface area contributed by atoms with E-state index in [1.165, 1.54) is 6.07 Å². The zero-order chi connectivity index (χ0) is 13.1. The summed E-state index contributed by atoms with van der Waals surface area (Å²) < 4.78 is 26.6. The molecule has 0 heterocycles. The van der Waals surface area contributed by atoms with E-state index in [0.29, 0.717) is 17.7 Å². The van der Waals surface area contributed by atoms with Gasteiger partial charge in [-0.25, -0.2) is 13.1 Å². The van der Waals surface area contributed by atoms with E-state index in [2.05, 4.69) is 4.72 Å². The molecule has 0 saturated carbocycles. The number of benzene rings is 1. The predicted molar refractivity (Wildman–Crippen MR) is 67.1 cm³/mol. The van der Waals surface area contributed by atoms with Gasteiger partial charge in [0.2, 0.25) is 10.0 Å². The molecule has 0 saturated heterocycles. The number of aliphatic hydroxyl groups is 1. The van der Waals surface area contributed by atoms with E-state index in [0.717, 1.165) is 0 Å². The largest absolute Gasteiger partial charge is 0.392 e. The molecule has 0 atom stereocenters. The number of nitrogens with one attached hydrogen (secondary N) is 1. The molecular formula is C12H19NO3S. The summed E-state index contributed by atoms with van der Waals surface area (Å²) in [6.45, 7) is 5.88. The van der Waals surface area contributed by atoms with Crippen molar-refractivity contribution in [3.63, 3.8) is 0 Å². The molecule has 0 spiro atoms. The smallest absolute Gasteiger partial charge is 0.240 e. The van der Waals surface area contributed by atoms with Gasteiger partial charge in [0.05, 0.1) is 11.5 Å². The fraction of sp³-hybridized carbons (Fsp3) is 0.500. The predicted octanol–water partition coefficient (Wildman–Crippen LogP) is 1.42. The Morgan fingerprint density at radius 3 is 2.53 bits per heavy atom. The number of aryl methyl sites for hydroxylation is 1. The van der Waals surface area contributed by atoms with Gasteiger partial charge in [-0.05, 0) is 30.0 Å². The first-order valence-corrected chi connectivity index (χ1v) is 7.05. The second-order valence-corrected chi connectivity index (χ2v) is 6.24. The number of hydrogen-bond acceptors (Lipinski definition) is 3. The Morgan fingerprint density at radius 2 is 2.00 bits per heavy atom. The van der Waals surface area contributed by atoms with Crippen LogP contribution in [0, 0.1) is 12.8 Å². The zero-order valence-corrected chi connectivity index (χ0v) is 11.2. The lowest BCUT2D eigenvalue weighted by molar-refractivity contribution is 0.281. The maximum atomic E-state index is 12.0. The van der Waals surface area contributed by atoms with Gasteiger partial charge in [-0.3, -0.25) is 0 Å². The fourth-order valence-electron chi connectivity index (χ4n) is 1.39. The van der Waals surface area contributed by atoms with Crippen LogP contribution in [-0.4, -0.2) is 20.1 Å². The summed E-state index contributed by atoms with van der Waals surface area (Å²) >= 11 is 0. The van der Waals surface area contributed by atoms with Crippen molar-refractivity contribution in [1.29, 1.82) is 0 Å². The molecule has 0 aliphatic rings. The molecule has 96 valence electrons.